The van der Waals surface area contributed by atoms with Crippen LogP contribution < -0.4 is 0 Å². The molecule has 25 heavy (non-hydrogen) atoms. The van der Waals surface area contributed by atoms with Crippen LogP contribution in [0.4, 0.5) is 0 Å². The summed E-state index contributed by atoms with van der Waals surface area (Å²) < 4.78 is 0. The first-order chi connectivity index (χ1) is 11.8. The van der Waals surface area contributed by atoms with Gasteiger partial charge in [-0.3, -0.25) is 4.79 Å². The summed E-state index contributed by atoms with van der Waals surface area (Å²) in [6, 6.07) is 0.398. The van der Waals surface area contributed by atoms with Crippen LogP contribution in [0.25, 0.3) is 0 Å². The summed E-state index contributed by atoms with van der Waals surface area (Å²) >= 11 is 0. The highest BCUT2D eigenvalue weighted by atomic mass is 16.4. The number of hydrogen-bond donors (Lipinski definition) is 1. The lowest BCUT2D eigenvalue weighted by Crippen LogP contribution is -2.61. The summed E-state index contributed by atoms with van der Waals surface area (Å²) in [7, 11) is 2.00. The number of carboxylic acids is 1. The molecule has 1 heterocycles. The van der Waals surface area contributed by atoms with Gasteiger partial charge in [-0.15, -0.1) is 0 Å². The van der Waals surface area contributed by atoms with Gasteiger partial charge in [0, 0.05) is 25.6 Å². The molecule has 4 heteroatoms. The van der Waals surface area contributed by atoms with Crippen molar-refractivity contribution in [3.8, 4) is 0 Å². The average molecular weight is 345 g/mol. The second-order valence-electron chi connectivity index (χ2n) is 9.48. The molecule has 138 valence electrons. The fourth-order valence-electron chi connectivity index (χ4n) is 7.38. The van der Waals surface area contributed by atoms with Gasteiger partial charge in [0.15, 0.2) is 0 Å². The van der Waals surface area contributed by atoms with E-state index in [1.807, 2.05) is 11.9 Å². The molecule has 1 aliphatic heterocycles. The third-order valence-electron chi connectivity index (χ3n) is 8.70. The molecule has 3 aliphatic carbocycles. The highest BCUT2D eigenvalue weighted by molar-refractivity contribution is 5.81. The van der Waals surface area contributed by atoms with Crippen LogP contribution in [0, 0.1) is 28.6 Å². The van der Waals surface area contributed by atoms with Crippen molar-refractivity contribution < 1.29 is 14.7 Å². The van der Waals surface area contributed by atoms with Crippen LogP contribution in [-0.4, -0.2) is 35.0 Å². The van der Waals surface area contributed by atoms with Gasteiger partial charge in [-0.2, -0.15) is 0 Å². The zero-order chi connectivity index (χ0) is 18.0. The van der Waals surface area contributed by atoms with Gasteiger partial charge in [-0.05, 0) is 73.5 Å². The van der Waals surface area contributed by atoms with Crippen molar-refractivity contribution >= 4 is 11.9 Å². The number of carboxylic acid groups (broad SMARTS) is 1. The van der Waals surface area contributed by atoms with Crippen LogP contribution in [-0.2, 0) is 9.59 Å². The van der Waals surface area contributed by atoms with Crippen LogP contribution >= 0.6 is 0 Å². The van der Waals surface area contributed by atoms with Crippen LogP contribution in [0.15, 0.2) is 11.6 Å². The SMILES string of the molecule is CN1C(=O)CC[C@@]2(C)C1CC[C@@H]1[C@@H]2CC[C@]2(C)C(=CC(=O)O)CC[C@@H]12. The fraction of sp³-hybridized carbons (Fsp3) is 0.810. The van der Waals surface area contributed by atoms with Crippen LogP contribution in [0.1, 0.15) is 65.2 Å². The van der Waals surface area contributed by atoms with Crippen molar-refractivity contribution in [1.29, 1.82) is 0 Å². The fourth-order valence-corrected chi connectivity index (χ4v) is 7.38. The third kappa shape index (κ3) is 2.32. The van der Waals surface area contributed by atoms with Gasteiger partial charge in [0.2, 0.25) is 5.91 Å². The Bertz CT molecular complexity index is 641. The first-order valence-corrected chi connectivity index (χ1v) is 9.97. The normalized spacial score (nSPS) is 48.0. The smallest absolute Gasteiger partial charge is 0.328 e. The molecule has 0 aromatic heterocycles. The van der Waals surface area contributed by atoms with Gasteiger partial charge in [0.25, 0.3) is 0 Å². The van der Waals surface area contributed by atoms with E-state index in [9.17, 15) is 14.7 Å². The number of aliphatic carboxylic acids is 1. The van der Waals surface area contributed by atoms with E-state index in [-0.39, 0.29) is 10.8 Å². The second kappa shape index (κ2) is 5.59. The molecule has 4 fully saturated rings. The van der Waals surface area contributed by atoms with E-state index in [1.165, 1.54) is 24.5 Å². The molecule has 1 unspecified atom stereocenters. The van der Waals surface area contributed by atoms with Crippen LogP contribution in [0.5, 0.6) is 0 Å². The molecule has 0 aromatic rings. The minimum atomic E-state index is -0.790. The van der Waals surface area contributed by atoms with E-state index in [0.29, 0.717) is 36.1 Å². The summed E-state index contributed by atoms with van der Waals surface area (Å²) in [5, 5.41) is 9.25. The van der Waals surface area contributed by atoms with Gasteiger partial charge < -0.3 is 10.0 Å². The molecular weight excluding hydrogens is 314 g/mol. The first-order valence-electron chi connectivity index (χ1n) is 9.97. The third-order valence-corrected chi connectivity index (χ3v) is 8.70. The van der Waals surface area contributed by atoms with E-state index >= 15 is 0 Å². The summed E-state index contributed by atoms with van der Waals surface area (Å²) in [4.78, 5) is 25.5. The molecule has 1 N–H and O–H groups in total. The molecule has 0 bridgehead atoms. The first kappa shape index (κ1) is 17.1. The van der Waals surface area contributed by atoms with E-state index < -0.39 is 5.97 Å². The Balaban J connectivity index is 1.64. The Labute approximate surface area is 150 Å². The molecular formula is C21H31NO3. The highest BCUT2D eigenvalue weighted by Gasteiger charge is 2.60. The molecule has 1 saturated heterocycles. The van der Waals surface area contributed by atoms with E-state index in [2.05, 4.69) is 13.8 Å². The lowest BCUT2D eigenvalue weighted by Gasteiger charge is -2.61. The van der Waals surface area contributed by atoms with Crippen molar-refractivity contribution in [2.75, 3.05) is 7.05 Å². The molecule has 4 nitrogen and oxygen atoms in total. The number of allylic oxidation sites excluding steroid dienone is 1. The molecule has 4 aliphatic rings. The van der Waals surface area contributed by atoms with Crippen LogP contribution in [0.3, 0.4) is 0 Å². The average Bonchev–Trinajstić information content (AvgIpc) is 2.88. The van der Waals surface area contributed by atoms with Crippen molar-refractivity contribution in [2.24, 2.45) is 28.6 Å². The largest absolute Gasteiger partial charge is 0.478 e. The maximum atomic E-state index is 12.2. The summed E-state index contributed by atoms with van der Waals surface area (Å²) in [6.45, 7) is 4.75. The summed E-state index contributed by atoms with van der Waals surface area (Å²) in [6.07, 6.45) is 9.93. The van der Waals surface area contributed by atoms with E-state index in [0.717, 1.165) is 32.1 Å². The number of hydrogen-bond acceptors (Lipinski definition) is 2. The zero-order valence-corrected chi connectivity index (χ0v) is 15.8. The van der Waals surface area contributed by atoms with Gasteiger partial charge in [0.1, 0.15) is 0 Å². The van der Waals surface area contributed by atoms with Crippen molar-refractivity contribution in [2.45, 2.75) is 71.3 Å². The molecule has 4 rings (SSSR count). The number of carbonyl (C=O) groups excluding carboxylic acids is 1. The highest BCUT2D eigenvalue weighted by Crippen LogP contribution is 2.65. The topological polar surface area (TPSA) is 57.6 Å². The summed E-state index contributed by atoms with van der Waals surface area (Å²) in [5.74, 6) is 1.53. The van der Waals surface area contributed by atoms with Gasteiger partial charge >= 0.3 is 5.97 Å². The van der Waals surface area contributed by atoms with Crippen LogP contribution in [0.2, 0.25) is 0 Å². The Kier molecular flexibility index (Phi) is 3.82. The molecule has 3 saturated carbocycles. The van der Waals surface area contributed by atoms with E-state index in [4.69, 9.17) is 0 Å². The molecule has 1 amide bonds. The minimum absolute atomic E-state index is 0.0825. The lowest BCUT2D eigenvalue weighted by atomic mass is 9.47. The maximum absolute atomic E-state index is 12.2. The number of piperidine rings is 1. The standard InChI is InChI=1S/C21H31NO3/c1-20-10-8-16-14(15(20)6-4-13(20)12-19(24)25)5-7-17-21(16,2)11-9-18(23)22(17)3/h12,14-17H,4-11H2,1-3H3,(H,24,25)/t14-,15-,16-,17?,20+,21+/m0/s1. The maximum Gasteiger partial charge on any atom is 0.328 e. The number of nitrogens with zero attached hydrogens (tertiary/aromatic N) is 1. The number of amides is 1. The van der Waals surface area contributed by atoms with Gasteiger partial charge in [-0.1, -0.05) is 19.4 Å². The van der Waals surface area contributed by atoms with Crippen molar-refractivity contribution in [3.63, 3.8) is 0 Å². The van der Waals surface area contributed by atoms with Crippen molar-refractivity contribution in [1.82, 2.24) is 4.90 Å². The Morgan fingerprint density at radius 2 is 1.88 bits per heavy atom. The van der Waals surface area contributed by atoms with Crippen molar-refractivity contribution in [3.05, 3.63) is 11.6 Å². The number of carbonyl (C=O) groups is 2. The molecule has 0 spiro atoms. The minimum Gasteiger partial charge on any atom is -0.478 e. The van der Waals surface area contributed by atoms with Gasteiger partial charge in [0.05, 0.1) is 0 Å². The van der Waals surface area contributed by atoms with E-state index in [1.54, 1.807) is 0 Å². The Hall–Kier alpha value is -1.32. The number of fused-ring (bicyclic) bond motifs is 5. The number of likely N-dealkylation sites (tertiary alicyclic amines) is 1. The predicted octanol–water partition coefficient (Wildman–Crippen LogP) is 3.86. The van der Waals surface area contributed by atoms with Gasteiger partial charge in [-0.25, -0.2) is 4.79 Å². The molecule has 0 radical (unpaired) electrons. The quantitative estimate of drug-likeness (QED) is 0.734. The Morgan fingerprint density at radius 1 is 1.12 bits per heavy atom. The lowest BCUT2D eigenvalue weighted by molar-refractivity contribution is -0.156. The molecule has 6 atom stereocenters. The number of rotatable bonds is 1. The Morgan fingerprint density at radius 3 is 2.60 bits per heavy atom. The zero-order valence-electron chi connectivity index (χ0n) is 15.8. The molecule has 0 aromatic carbocycles. The summed E-state index contributed by atoms with van der Waals surface area (Å²) in [5.41, 5.74) is 1.50. The monoisotopic (exact) mass is 345 g/mol. The second-order valence-corrected chi connectivity index (χ2v) is 9.48. The predicted molar refractivity (Wildman–Crippen MR) is 95.9 cm³/mol.